The molecule has 2 aliphatic rings. The van der Waals surface area contributed by atoms with E-state index < -0.39 is 33.8 Å². The molecule has 2 saturated heterocycles. The van der Waals surface area contributed by atoms with E-state index in [2.05, 4.69) is 15.8 Å². The molecule has 2 N–H and O–H groups in total. The zero-order chi connectivity index (χ0) is 25.2. The number of carbonyl (C=O) groups excluding carboxylic acids is 2. The molecule has 0 bridgehead atoms. The third kappa shape index (κ3) is 5.46. The molecule has 2 aromatic rings. The number of urea groups is 1. The second-order valence-electron chi connectivity index (χ2n) is 8.55. The predicted molar refractivity (Wildman–Crippen MR) is 123 cm³/mol. The molecular weight excluding hydrogens is 481 g/mol. The Morgan fingerprint density at radius 3 is 2.57 bits per heavy atom. The Labute approximate surface area is 202 Å². The summed E-state index contributed by atoms with van der Waals surface area (Å²) in [6.45, 7) is 3.64. The van der Waals surface area contributed by atoms with E-state index in [-0.39, 0.29) is 48.6 Å². The molecule has 35 heavy (non-hydrogen) atoms. The van der Waals surface area contributed by atoms with Crippen LogP contribution in [0.3, 0.4) is 0 Å². The lowest BCUT2D eigenvalue weighted by atomic mass is 10.2. The number of nitrogens with one attached hydrogen (secondary N) is 2. The fourth-order valence-electron chi connectivity index (χ4n) is 4.29. The molecule has 0 aliphatic carbocycles. The van der Waals surface area contributed by atoms with Gasteiger partial charge in [-0.25, -0.2) is 17.6 Å². The van der Waals surface area contributed by atoms with Crippen molar-refractivity contribution < 1.29 is 31.7 Å². The molecule has 11 nitrogen and oxygen atoms in total. The number of ether oxygens (including phenoxy) is 1. The van der Waals surface area contributed by atoms with Crippen LogP contribution in [0, 0.1) is 19.7 Å². The van der Waals surface area contributed by atoms with Crippen LogP contribution in [0.15, 0.2) is 33.7 Å². The Hall–Kier alpha value is -3.03. The predicted octanol–water partition coefficient (Wildman–Crippen LogP) is 1.63. The molecular formula is C22H28FN5O6S. The van der Waals surface area contributed by atoms with Crippen LogP contribution in [0.1, 0.15) is 24.3 Å². The second-order valence-corrected chi connectivity index (χ2v) is 10.4. The maximum absolute atomic E-state index is 13.5. The molecule has 1 aromatic heterocycles. The summed E-state index contributed by atoms with van der Waals surface area (Å²) in [5, 5.41) is 9.16. The highest BCUT2D eigenvalue weighted by atomic mass is 32.2. The van der Waals surface area contributed by atoms with Gasteiger partial charge in [0.1, 0.15) is 22.4 Å². The molecule has 3 heterocycles. The Kier molecular flexibility index (Phi) is 7.38. The van der Waals surface area contributed by atoms with Gasteiger partial charge in [0.05, 0.1) is 6.10 Å². The van der Waals surface area contributed by atoms with Crippen molar-refractivity contribution in [3.63, 3.8) is 0 Å². The van der Waals surface area contributed by atoms with Gasteiger partial charge in [0, 0.05) is 38.5 Å². The first kappa shape index (κ1) is 25.1. The maximum Gasteiger partial charge on any atom is 0.321 e. The Morgan fingerprint density at radius 1 is 1.20 bits per heavy atom. The molecule has 0 spiro atoms. The average Bonchev–Trinajstić information content (AvgIpc) is 3.48. The third-order valence-electron chi connectivity index (χ3n) is 6.08. The number of sulfonamides is 1. The summed E-state index contributed by atoms with van der Waals surface area (Å²) in [4.78, 5) is 27.3. The number of carbonyl (C=O) groups is 2. The van der Waals surface area contributed by atoms with Crippen molar-refractivity contribution in [3.05, 3.63) is 41.5 Å². The summed E-state index contributed by atoms with van der Waals surface area (Å²) in [5.74, 6) is -0.850. The number of aromatic nitrogens is 1. The Balaban J connectivity index is 1.54. The van der Waals surface area contributed by atoms with E-state index in [0.717, 1.165) is 17.1 Å². The highest BCUT2D eigenvalue weighted by Crippen LogP contribution is 2.27. The summed E-state index contributed by atoms with van der Waals surface area (Å²) >= 11 is 0. The number of hydrogen-bond acceptors (Lipinski definition) is 7. The van der Waals surface area contributed by atoms with Crippen LogP contribution in [0.2, 0.25) is 0 Å². The third-order valence-corrected chi connectivity index (χ3v) is 8.23. The summed E-state index contributed by atoms with van der Waals surface area (Å²) in [7, 11) is -4.14. The van der Waals surface area contributed by atoms with E-state index in [9.17, 15) is 22.4 Å². The Morgan fingerprint density at radius 2 is 1.94 bits per heavy atom. The minimum Gasteiger partial charge on any atom is -0.376 e. The number of aryl methyl sites for hydroxylation is 2. The largest absolute Gasteiger partial charge is 0.376 e. The molecule has 4 rings (SSSR count). The van der Waals surface area contributed by atoms with Crippen LogP contribution in [0.4, 0.5) is 14.9 Å². The average molecular weight is 510 g/mol. The minimum absolute atomic E-state index is 0.0468. The van der Waals surface area contributed by atoms with Gasteiger partial charge >= 0.3 is 6.03 Å². The van der Waals surface area contributed by atoms with E-state index in [1.807, 2.05) is 0 Å². The number of anilines is 1. The van der Waals surface area contributed by atoms with Crippen molar-refractivity contribution in [1.29, 1.82) is 0 Å². The zero-order valence-electron chi connectivity index (χ0n) is 19.5. The standard InChI is InChI=1S/C22H28FN5O6S/c1-14-20(15(2)34-26-14)35(31,32)28-10-9-27(22(30)25-17-7-5-16(23)6-8-17)13-19(28)21(29)24-12-18-4-3-11-33-18/h5-8,18-19H,3-4,9-13H2,1-2H3,(H,24,29)(H,25,30). The van der Waals surface area contributed by atoms with Crippen molar-refractivity contribution in [2.75, 3.05) is 38.1 Å². The lowest BCUT2D eigenvalue weighted by Gasteiger charge is -2.39. The molecule has 3 amide bonds. The number of hydrogen-bond donors (Lipinski definition) is 2. The first-order valence-electron chi connectivity index (χ1n) is 11.3. The van der Waals surface area contributed by atoms with Gasteiger partial charge in [0.15, 0.2) is 5.76 Å². The van der Waals surface area contributed by atoms with Crippen LogP contribution in [0.25, 0.3) is 0 Å². The number of halogens is 1. The molecule has 13 heteroatoms. The smallest absolute Gasteiger partial charge is 0.321 e. The van der Waals surface area contributed by atoms with Gasteiger partial charge in [-0.05, 0) is 51.0 Å². The van der Waals surface area contributed by atoms with Gasteiger partial charge in [-0.1, -0.05) is 5.16 Å². The second kappa shape index (κ2) is 10.3. The van der Waals surface area contributed by atoms with Crippen LogP contribution >= 0.6 is 0 Å². The molecule has 2 aliphatic heterocycles. The fraction of sp³-hybridized carbons (Fsp3) is 0.500. The number of nitrogens with zero attached hydrogens (tertiary/aromatic N) is 3. The van der Waals surface area contributed by atoms with Crippen molar-refractivity contribution in [3.8, 4) is 0 Å². The molecule has 190 valence electrons. The van der Waals surface area contributed by atoms with E-state index in [0.29, 0.717) is 12.3 Å². The first-order chi connectivity index (χ1) is 16.7. The fourth-order valence-corrected chi connectivity index (χ4v) is 6.15. The number of benzene rings is 1. The lowest BCUT2D eigenvalue weighted by molar-refractivity contribution is -0.126. The lowest BCUT2D eigenvalue weighted by Crippen LogP contribution is -2.62. The molecule has 0 radical (unpaired) electrons. The van der Waals surface area contributed by atoms with E-state index in [1.165, 1.54) is 43.0 Å². The van der Waals surface area contributed by atoms with E-state index in [4.69, 9.17) is 9.26 Å². The van der Waals surface area contributed by atoms with Gasteiger partial charge < -0.3 is 24.8 Å². The van der Waals surface area contributed by atoms with Crippen LogP contribution in [0.5, 0.6) is 0 Å². The Bertz CT molecular complexity index is 1160. The van der Waals surface area contributed by atoms with Crippen molar-refractivity contribution in [1.82, 2.24) is 19.7 Å². The highest BCUT2D eigenvalue weighted by Gasteiger charge is 2.43. The van der Waals surface area contributed by atoms with Crippen LogP contribution in [-0.2, 0) is 19.6 Å². The van der Waals surface area contributed by atoms with Crippen molar-refractivity contribution in [2.24, 2.45) is 0 Å². The van der Waals surface area contributed by atoms with E-state index >= 15 is 0 Å². The van der Waals surface area contributed by atoms with E-state index in [1.54, 1.807) is 0 Å². The quantitative estimate of drug-likeness (QED) is 0.605. The van der Waals surface area contributed by atoms with Gasteiger partial charge in [-0.15, -0.1) is 0 Å². The monoisotopic (exact) mass is 509 g/mol. The van der Waals surface area contributed by atoms with Gasteiger partial charge in [-0.3, -0.25) is 4.79 Å². The van der Waals surface area contributed by atoms with Crippen LogP contribution in [-0.4, -0.2) is 79.6 Å². The maximum atomic E-state index is 13.5. The van der Waals surface area contributed by atoms with Crippen molar-refractivity contribution in [2.45, 2.75) is 43.7 Å². The zero-order valence-corrected chi connectivity index (χ0v) is 20.3. The molecule has 2 unspecified atom stereocenters. The summed E-state index contributed by atoms with van der Waals surface area (Å²) < 4.78 is 51.9. The number of rotatable bonds is 6. The van der Waals surface area contributed by atoms with Gasteiger partial charge in [0.25, 0.3) is 0 Å². The molecule has 0 saturated carbocycles. The molecule has 2 atom stereocenters. The summed E-state index contributed by atoms with van der Waals surface area (Å²) in [5.41, 5.74) is 0.569. The minimum atomic E-state index is -4.14. The number of piperazine rings is 1. The highest BCUT2D eigenvalue weighted by molar-refractivity contribution is 7.89. The van der Waals surface area contributed by atoms with Gasteiger partial charge in [-0.2, -0.15) is 4.31 Å². The topological polar surface area (TPSA) is 134 Å². The molecule has 2 fully saturated rings. The number of amides is 3. The van der Waals surface area contributed by atoms with Crippen LogP contribution < -0.4 is 10.6 Å². The first-order valence-corrected chi connectivity index (χ1v) is 12.8. The van der Waals surface area contributed by atoms with Gasteiger partial charge in [0.2, 0.25) is 15.9 Å². The van der Waals surface area contributed by atoms with Crippen molar-refractivity contribution >= 4 is 27.6 Å². The normalized spacial score (nSPS) is 21.2. The molecule has 1 aromatic carbocycles. The summed E-state index contributed by atoms with van der Waals surface area (Å²) in [6.07, 6.45) is 1.57. The SMILES string of the molecule is Cc1noc(C)c1S(=O)(=O)N1CCN(C(=O)Nc2ccc(F)cc2)CC1C(=O)NCC1CCCO1. The summed E-state index contributed by atoms with van der Waals surface area (Å²) in [6, 6.07) is 3.55.